The fourth-order valence-electron chi connectivity index (χ4n) is 3.20. The molecule has 1 aromatic heterocycles. The normalized spacial score (nSPS) is 20.3. The molecule has 1 saturated heterocycles. The van der Waals surface area contributed by atoms with Gasteiger partial charge in [-0.3, -0.25) is 9.69 Å². The van der Waals surface area contributed by atoms with Crippen molar-refractivity contribution in [3.05, 3.63) is 56.2 Å². The van der Waals surface area contributed by atoms with E-state index >= 15 is 0 Å². The molecule has 23 heavy (non-hydrogen) atoms. The van der Waals surface area contributed by atoms with Crippen molar-refractivity contribution in [2.24, 2.45) is 0 Å². The van der Waals surface area contributed by atoms with E-state index in [1.54, 1.807) is 17.4 Å². The Morgan fingerprint density at radius 3 is 2.78 bits per heavy atom. The molecule has 0 spiro atoms. The number of hydrogen-bond donors (Lipinski definition) is 1. The number of likely N-dealkylation sites (tertiary alicyclic amines) is 1. The monoisotopic (exact) mass is 369 g/mol. The molecule has 0 bridgehead atoms. The number of benzene rings is 1. The van der Waals surface area contributed by atoms with Crippen LogP contribution in [0.25, 0.3) is 0 Å². The number of halogens is 2. The Kier molecular flexibility index (Phi) is 5.27. The summed E-state index contributed by atoms with van der Waals surface area (Å²) < 4.78 is 0. The molecule has 0 aliphatic carbocycles. The molecule has 3 nitrogen and oxygen atoms in total. The van der Waals surface area contributed by atoms with Gasteiger partial charge in [0, 0.05) is 4.88 Å². The van der Waals surface area contributed by atoms with Crippen LogP contribution in [0.5, 0.6) is 0 Å². The maximum absolute atomic E-state index is 11.7. The predicted molar refractivity (Wildman–Crippen MR) is 94.6 cm³/mol. The van der Waals surface area contributed by atoms with E-state index in [0.717, 1.165) is 29.8 Å². The first kappa shape index (κ1) is 16.8. The van der Waals surface area contributed by atoms with Gasteiger partial charge in [-0.1, -0.05) is 47.8 Å². The zero-order valence-electron chi connectivity index (χ0n) is 12.4. The molecule has 2 atom stereocenters. The summed E-state index contributed by atoms with van der Waals surface area (Å²) in [6.45, 7) is 0.738. The minimum Gasteiger partial charge on any atom is -0.480 e. The van der Waals surface area contributed by atoms with Crippen molar-refractivity contribution < 1.29 is 9.90 Å². The van der Waals surface area contributed by atoms with Crippen LogP contribution in [0.2, 0.25) is 10.0 Å². The van der Waals surface area contributed by atoms with Crippen LogP contribution in [0.3, 0.4) is 0 Å². The third kappa shape index (κ3) is 3.41. The number of carboxylic acid groups (broad SMARTS) is 1. The first-order valence-corrected chi connectivity index (χ1v) is 9.19. The standard InChI is InChI=1S/C17H17Cl2NO2S/c18-12-6-3-5-11(15(12)19)16(14-8-4-10-23-14)20-9-2-1-7-13(20)17(21)22/h3-6,8,10,13,16H,1-2,7,9H2,(H,21,22). The first-order chi connectivity index (χ1) is 11.1. The molecule has 1 fully saturated rings. The quantitative estimate of drug-likeness (QED) is 0.816. The molecular weight excluding hydrogens is 353 g/mol. The average molecular weight is 370 g/mol. The van der Waals surface area contributed by atoms with Gasteiger partial charge in [-0.25, -0.2) is 0 Å². The second-order valence-corrected chi connectivity index (χ2v) is 7.41. The molecule has 0 saturated carbocycles. The highest BCUT2D eigenvalue weighted by Gasteiger charge is 2.36. The van der Waals surface area contributed by atoms with Gasteiger partial charge in [0.2, 0.25) is 0 Å². The molecule has 6 heteroatoms. The fourth-order valence-corrected chi connectivity index (χ4v) is 4.48. The molecule has 0 radical (unpaired) electrons. The van der Waals surface area contributed by atoms with Crippen molar-refractivity contribution in [2.75, 3.05) is 6.54 Å². The summed E-state index contributed by atoms with van der Waals surface area (Å²) in [5.74, 6) is -0.774. The average Bonchev–Trinajstić information content (AvgIpc) is 3.06. The highest BCUT2D eigenvalue weighted by atomic mass is 35.5. The molecule has 2 aromatic rings. The Labute approximate surface area is 149 Å². The topological polar surface area (TPSA) is 40.5 Å². The van der Waals surface area contributed by atoms with Crippen molar-refractivity contribution in [1.29, 1.82) is 0 Å². The van der Waals surface area contributed by atoms with E-state index < -0.39 is 12.0 Å². The fraction of sp³-hybridized carbons (Fsp3) is 0.353. The number of carbonyl (C=O) groups is 1. The van der Waals surface area contributed by atoms with Gasteiger partial charge < -0.3 is 5.11 Å². The number of carboxylic acids is 1. The Bertz CT molecular complexity index is 690. The van der Waals surface area contributed by atoms with Gasteiger partial charge in [0.25, 0.3) is 0 Å². The van der Waals surface area contributed by atoms with Gasteiger partial charge in [0.1, 0.15) is 6.04 Å². The summed E-state index contributed by atoms with van der Waals surface area (Å²) in [6, 6.07) is 8.89. The maximum atomic E-state index is 11.7. The SMILES string of the molecule is O=C(O)C1CCCCN1C(c1cccs1)c1cccc(Cl)c1Cl. The van der Waals surface area contributed by atoms with E-state index in [4.69, 9.17) is 23.2 Å². The summed E-state index contributed by atoms with van der Waals surface area (Å²) in [7, 11) is 0. The number of hydrogen-bond acceptors (Lipinski definition) is 3. The third-order valence-corrected chi connectivity index (χ3v) is 6.01. The number of aliphatic carboxylic acids is 1. The van der Waals surface area contributed by atoms with E-state index in [1.807, 2.05) is 29.6 Å². The summed E-state index contributed by atoms with van der Waals surface area (Å²) in [6.07, 6.45) is 2.59. The first-order valence-electron chi connectivity index (χ1n) is 7.55. The maximum Gasteiger partial charge on any atom is 0.320 e. The molecule has 3 rings (SSSR count). The molecule has 122 valence electrons. The van der Waals surface area contributed by atoms with Gasteiger partial charge in [-0.15, -0.1) is 11.3 Å². The second kappa shape index (κ2) is 7.22. The summed E-state index contributed by atoms with van der Waals surface area (Å²) in [5, 5.41) is 12.6. The van der Waals surface area contributed by atoms with Crippen molar-refractivity contribution in [3.8, 4) is 0 Å². The van der Waals surface area contributed by atoms with Crippen molar-refractivity contribution in [3.63, 3.8) is 0 Å². The van der Waals surface area contributed by atoms with Crippen molar-refractivity contribution in [1.82, 2.24) is 4.90 Å². The van der Waals surface area contributed by atoms with Crippen LogP contribution in [0, 0.1) is 0 Å². The highest BCUT2D eigenvalue weighted by Crippen LogP contribution is 2.41. The Balaban J connectivity index is 2.09. The van der Waals surface area contributed by atoms with E-state index in [9.17, 15) is 9.90 Å². The molecule has 0 amide bonds. The van der Waals surface area contributed by atoms with E-state index in [2.05, 4.69) is 4.90 Å². The van der Waals surface area contributed by atoms with Gasteiger partial charge in [-0.2, -0.15) is 0 Å². The number of thiophene rings is 1. The lowest BCUT2D eigenvalue weighted by Gasteiger charge is -2.39. The highest BCUT2D eigenvalue weighted by molar-refractivity contribution is 7.10. The number of rotatable bonds is 4. The molecule has 2 unspecified atom stereocenters. The lowest BCUT2D eigenvalue weighted by Crippen LogP contribution is -2.46. The Morgan fingerprint density at radius 2 is 2.09 bits per heavy atom. The van der Waals surface area contributed by atoms with Crippen LogP contribution < -0.4 is 0 Å². The van der Waals surface area contributed by atoms with Gasteiger partial charge in [-0.05, 0) is 42.5 Å². The predicted octanol–water partition coefficient (Wildman–Crippen LogP) is 5.08. The molecular formula is C17H17Cl2NO2S. The van der Waals surface area contributed by atoms with E-state index in [1.165, 1.54) is 0 Å². The van der Waals surface area contributed by atoms with E-state index in [0.29, 0.717) is 16.5 Å². The summed E-state index contributed by atoms with van der Waals surface area (Å²) in [5.41, 5.74) is 0.870. The molecule has 1 aliphatic heterocycles. The van der Waals surface area contributed by atoms with Crippen LogP contribution in [-0.2, 0) is 4.79 Å². The minimum atomic E-state index is -0.774. The lowest BCUT2D eigenvalue weighted by molar-refractivity contribution is -0.145. The van der Waals surface area contributed by atoms with Crippen LogP contribution in [0.1, 0.15) is 35.7 Å². The minimum absolute atomic E-state index is 0.178. The third-order valence-electron chi connectivity index (χ3n) is 4.25. The summed E-state index contributed by atoms with van der Waals surface area (Å²) in [4.78, 5) is 14.9. The van der Waals surface area contributed by atoms with Crippen LogP contribution >= 0.6 is 34.5 Å². The Hall–Kier alpha value is -1.07. The van der Waals surface area contributed by atoms with Gasteiger partial charge in [0.05, 0.1) is 16.1 Å². The van der Waals surface area contributed by atoms with Crippen LogP contribution in [-0.4, -0.2) is 28.6 Å². The Morgan fingerprint density at radius 1 is 1.26 bits per heavy atom. The largest absolute Gasteiger partial charge is 0.480 e. The van der Waals surface area contributed by atoms with E-state index in [-0.39, 0.29) is 6.04 Å². The smallest absolute Gasteiger partial charge is 0.320 e. The molecule has 1 aliphatic rings. The lowest BCUT2D eigenvalue weighted by atomic mass is 9.95. The van der Waals surface area contributed by atoms with Crippen molar-refractivity contribution in [2.45, 2.75) is 31.3 Å². The van der Waals surface area contributed by atoms with Crippen LogP contribution in [0.4, 0.5) is 0 Å². The number of nitrogens with zero attached hydrogens (tertiary/aromatic N) is 1. The zero-order valence-corrected chi connectivity index (χ0v) is 14.7. The summed E-state index contributed by atoms with van der Waals surface area (Å²) >= 11 is 14.3. The molecule has 1 aromatic carbocycles. The number of piperidine rings is 1. The van der Waals surface area contributed by atoms with Crippen molar-refractivity contribution >= 4 is 40.5 Å². The van der Waals surface area contributed by atoms with Gasteiger partial charge >= 0.3 is 5.97 Å². The molecule has 1 N–H and O–H groups in total. The second-order valence-electron chi connectivity index (χ2n) is 5.65. The van der Waals surface area contributed by atoms with Gasteiger partial charge in [0.15, 0.2) is 0 Å². The van der Waals surface area contributed by atoms with Crippen LogP contribution in [0.15, 0.2) is 35.7 Å². The molecule has 2 heterocycles. The zero-order chi connectivity index (χ0) is 16.4.